The summed E-state index contributed by atoms with van der Waals surface area (Å²) < 4.78 is 7.13. The van der Waals surface area contributed by atoms with Crippen molar-refractivity contribution in [1.82, 2.24) is 14.6 Å². The summed E-state index contributed by atoms with van der Waals surface area (Å²) in [5, 5.41) is 10.6. The molecule has 5 rings (SSSR count). The van der Waals surface area contributed by atoms with Gasteiger partial charge in [-0.25, -0.2) is 4.52 Å². The van der Waals surface area contributed by atoms with Crippen LogP contribution in [-0.4, -0.2) is 27.6 Å². The molecule has 174 valence electrons. The second kappa shape index (κ2) is 9.66. The van der Waals surface area contributed by atoms with E-state index in [0.717, 1.165) is 22.4 Å². The van der Waals surface area contributed by atoms with Gasteiger partial charge in [-0.05, 0) is 47.5 Å². The molecule has 3 aromatic carbocycles. The summed E-state index contributed by atoms with van der Waals surface area (Å²) in [6.45, 7) is 0. The number of amides is 1. The highest BCUT2D eigenvalue weighted by molar-refractivity contribution is 5.95. The summed E-state index contributed by atoms with van der Waals surface area (Å²) in [4.78, 5) is 17.2. The second-order valence-corrected chi connectivity index (χ2v) is 7.96. The number of nitrogens with one attached hydrogen (secondary N) is 2. The van der Waals surface area contributed by atoms with Crippen LogP contribution in [0.15, 0.2) is 97.2 Å². The van der Waals surface area contributed by atoms with Crippen molar-refractivity contribution in [2.24, 2.45) is 0 Å². The molecule has 2 heterocycles. The van der Waals surface area contributed by atoms with E-state index >= 15 is 0 Å². The topological polar surface area (TPSA) is 107 Å². The van der Waals surface area contributed by atoms with Gasteiger partial charge in [0.15, 0.2) is 11.8 Å². The molecular weight excluding hydrogens is 440 g/mol. The number of anilines is 4. The molecule has 0 fully saturated rings. The quantitative estimate of drug-likeness (QED) is 0.291. The predicted octanol–water partition coefficient (Wildman–Crippen LogP) is 5.05. The number of fused-ring (bicyclic) bond motifs is 1. The fourth-order valence-corrected chi connectivity index (χ4v) is 3.81. The average Bonchev–Trinajstić information content (AvgIpc) is 3.29. The molecule has 8 nitrogen and oxygen atoms in total. The first kappa shape index (κ1) is 22.1. The highest BCUT2D eigenvalue weighted by Crippen LogP contribution is 2.25. The number of benzene rings is 3. The number of aromatic nitrogens is 3. The molecular formula is C27H24N6O2. The smallest absolute Gasteiger partial charge is 0.258 e. The third-order valence-corrected chi connectivity index (χ3v) is 5.60. The number of hydrogen-bond donors (Lipinski definition) is 3. The summed E-state index contributed by atoms with van der Waals surface area (Å²) in [5.74, 6) is 0.235. The monoisotopic (exact) mass is 464 g/mol. The Kier molecular flexibility index (Phi) is 6.11. The van der Waals surface area contributed by atoms with Gasteiger partial charge in [-0.15, -0.1) is 5.10 Å². The number of carbonyl (C=O) groups excluding carboxylic acids is 1. The van der Waals surface area contributed by atoms with Gasteiger partial charge in [-0.1, -0.05) is 54.6 Å². The predicted molar refractivity (Wildman–Crippen MR) is 137 cm³/mol. The average molecular weight is 465 g/mol. The number of para-hydroxylation sites is 2. The van der Waals surface area contributed by atoms with Crippen LogP contribution in [0, 0.1) is 0 Å². The molecule has 0 aliphatic heterocycles. The zero-order valence-corrected chi connectivity index (χ0v) is 19.1. The van der Waals surface area contributed by atoms with Crippen molar-refractivity contribution in [3.05, 3.63) is 103 Å². The summed E-state index contributed by atoms with van der Waals surface area (Å²) in [7, 11) is 1.52. The van der Waals surface area contributed by atoms with Gasteiger partial charge in [-0.2, -0.15) is 4.98 Å². The number of nitrogens with zero attached hydrogens (tertiary/aromatic N) is 3. The summed E-state index contributed by atoms with van der Waals surface area (Å²) in [6, 6.07) is 28.4. The Hall–Kier alpha value is -4.69. The third-order valence-electron chi connectivity index (χ3n) is 5.60. The van der Waals surface area contributed by atoms with Crippen LogP contribution in [0.5, 0.6) is 0 Å². The molecule has 4 N–H and O–H groups in total. The molecule has 0 spiro atoms. The lowest BCUT2D eigenvalue weighted by Gasteiger charge is -2.16. The SMILES string of the molecule is CO[C@H](C(=O)Nc1ccc(-c2ccc3nc(Nc4ccccc4N)nn3c2)cc1)c1ccccc1. The number of nitrogens with two attached hydrogens (primary N) is 1. The van der Waals surface area contributed by atoms with Gasteiger partial charge < -0.3 is 21.1 Å². The Morgan fingerprint density at radius 1 is 0.914 bits per heavy atom. The van der Waals surface area contributed by atoms with Crippen molar-refractivity contribution in [2.75, 3.05) is 23.5 Å². The Morgan fingerprint density at radius 2 is 1.63 bits per heavy atom. The summed E-state index contributed by atoms with van der Waals surface area (Å²) in [6.07, 6.45) is 1.23. The molecule has 35 heavy (non-hydrogen) atoms. The molecule has 0 bridgehead atoms. The first-order valence-corrected chi connectivity index (χ1v) is 11.1. The third kappa shape index (κ3) is 4.83. The van der Waals surface area contributed by atoms with Crippen LogP contribution in [-0.2, 0) is 9.53 Å². The number of methoxy groups -OCH3 is 1. The van der Waals surface area contributed by atoms with E-state index in [0.29, 0.717) is 23.0 Å². The summed E-state index contributed by atoms with van der Waals surface area (Å²) >= 11 is 0. The second-order valence-electron chi connectivity index (χ2n) is 7.96. The van der Waals surface area contributed by atoms with E-state index in [1.165, 1.54) is 7.11 Å². The Morgan fingerprint density at radius 3 is 2.37 bits per heavy atom. The van der Waals surface area contributed by atoms with Crippen molar-refractivity contribution in [3.63, 3.8) is 0 Å². The maximum Gasteiger partial charge on any atom is 0.258 e. The molecule has 0 aliphatic carbocycles. The first-order chi connectivity index (χ1) is 17.1. The number of ether oxygens (including phenoxy) is 1. The van der Waals surface area contributed by atoms with Crippen LogP contribution in [0.2, 0.25) is 0 Å². The van der Waals surface area contributed by atoms with Gasteiger partial charge in [0.2, 0.25) is 5.95 Å². The minimum absolute atomic E-state index is 0.227. The number of nitrogen functional groups attached to an aromatic ring is 1. The largest absolute Gasteiger partial charge is 0.397 e. The van der Waals surface area contributed by atoms with Crippen LogP contribution in [0.4, 0.5) is 23.0 Å². The van der Waals surface area contributed by atoms with Gasteiger partial charge in [0.25, 0.3) is 5.91 Å². The highest BCUT2D eigenvalue weighted by Gasteiger charge is 2.19. The van der Waals surface area contributed by atoms with Gasteiger partial charge in [-0.3, -0.25) is 4.79 Å². The lowest BCUT2D eigenvalue weighted by molar-refractivity contribution is -0.126. The molecule has 0 radical (unpaired) electrons. The minimum atomic E-state index is -0.681. The lowest BCUT2D eigenvalue weighted by Crippen LogP contribution is -2.22. The molecule has 0 saturated carbocycles. The molecule has 0 aliphatic rings. The fourth-order valence-electron chi connectivity index (χ4n) is 3.81. The van der Waals surface area contributed by atoms with Crippen molar-refractivity contribution in [3.8, 4) is 11.1 Å². The number of rotatable bonds is 7. The summed E-state index contributed by atoms with van der Waals surface area (Å²) in [5.41, 5.74) is 11.5. The Labute approximate surface area is 202 Å². The fraction of sp³-hybridized carbons (Fsp3) is 0.0741. The van der Waals surface area contributed by atoms with Crippen molar-refractivity contribution < 1.29 is 9.53 Å². The van der Waals surface area contributed by atoms with Crippen molar-refractivity contribution in [1.29, 1.82) is 0 Å². The number of pyridine rings is 1. The molecule has 0 saturated heterocycles. The first-order valence-electron chi connectivity index (χ1n) is 11.1. The van der Waals surface area contributed by atoms with Crippen LogP contribution < -0.4 is 16.4 Å². The van der Waals surface area contributed by atoms with Crippen LogP contribution >= 0.6 is 0 Å². The standard InChI is InChI=1S/C27H24N6O2/c1-35-25(19-7-3-2-4-8-19)26(34)29-21-14-11-18(12-15-21)20-13-16-24-31-27(32-33(24)17-20)30-23-10-6-5-9-22(23)28/h2-17,25H,28H2,1H3,(H,29,34)(H,30,32)/t25-/m0/s1. The van der Waals surface area contributed by atoms with Gasteiger partial charge in [0.1, 0.15) is 0 Å². The molecule has 1 amide bonds. The molecule has 2 aromatic heterocycles. The maximum absolute atomic E-state index is 12.7. The van der Waals surface area contributed by atoms with E-state index in [1.54, 1.807) is 4.52 Å². The van der Waals surface area contributed by atoms with Crippen molar-refractivity contribution >= 4 is 34.6 Å². The van der Waals surface area contributed by atoms with Crippen LogP contribution in [0.1, 0.15) is 11.7 Å². The van der Waals surface area contributed by atoms with E-state index in [9.17, 15) is 4.79 Å². The van der Waals surface area contributed by atoms with E-state index in [4.69, 9.17) is 10.5 Å². The number of carbonyl (C=O) groups is 1. The minimum Gasteiger partial charge on any atom is -0.397 e. The zero-order chi connectivity index (χ0) is 24.2. The van der Waals surface area contributed by atoms with E-state index in [-0.39, 0.29) is 5.91 Å². The van der Waals surface area contributed by atoms with Crippen molar-refractivity contribution in [2.45, 2.75) is 6.10 Å². The lowest BCUT2D eigenvalue weighted by atomic mass is 10.1. The molecule has 1 atom stereocenters. The van der Waals surface area contributed by atoms with Gasteiger partial charge in [0, 0.05) is 24.6 Å². The van der Waals surface area contributed by atoms with E-state index < -0.39 is 6.10 Å². The van der Waals surface area contributed by atoms with Crippen LogP contribution in [0.3, 0.4) is 0 Å². The highest BCUT2D eigenvalue weighted by atomic mass is 16.5. The number of hydrogen-bond acceptors (Lipinski definition) is 6. The maximum atomic E-state index is 12.7. The molecule has 0 unspecified atom stereocenters. The van der Waals surface area contributed by atoms with E-state index in [1.807, 2.05) is 97.2 Å². The van der Waals surface area contributed by atoms with Gasteiger partial charge in [0.05, 0.1) is 11.4 Å². The van der Waals surface area contributed by atoms with Crippen LogP contribution in [0.25, 0.3) is 16.8 Å². The normalized spacial score (nSPS) is 11.8. The Balaban J connectivity index is 1.31. The van der Waals surface area contributed by atoms with Gasteiger partial charge >= 0.3 is 0 Å². The zero-order valence-electron chi connectivity index (χ0n) is 19.1. The molecule has 5 aromatic rings. The Bertz CT molecular complexity index is 1460. The molecule has 8 heteroatoms. The van der Waals surface area contributed by atoms with E-state index in [2.05, 4.69) is 20.7 Å².